The van der Waals surface area contributed by atoms with E-state index in [1.807, 2.05) is 56.7 Å². The highest BCUT2D eigenvalue weighted by Crippen LogP contribution is 2.26. The number of amides is 1. The number of benzene rings is 1. The zero-order valence-electron chi connectivity index (χ0n) is 16.5. The third kappa shape index (κ3) is 4.71. The Morgan fingerprint density at radius 1 is 1.29 bits per heavy atom. The fourth-order valence-corrected chi connectivity index (χ4v) is 4.12. The number of aryl methyl sites for hydroxylation is 2. The van der Waals surface area contributed by atoms with Crippen molar-refractivity contribution >= 4 is 34.1 Å². The Balaban J connectivity index is 1.63. The summed E-state index contributed by atoms with van der Waals surface area (Å²) in [6.07, 6.45) is 0.659. The predicted molar refractivity (Wildman–Crippen MR) is 112 cm³/mol. The number of anilines is 1. The summed E-state index contributed by atoms with van der Waals surface area (Å²) in [6, 6.07) is 7.87. The molecule has 1 N–H and O–H groups in total. The Hall–Kier alpha value is -2.39. The number of carbonyl (C=O) groups excluding carboxylic acids is 1. The molecule has 0 fully saturated rings. The SMILES string of the molecule is COc1ccc(Cc2nnc(S[C@@H](C)C(=O)Nc3nc(C)c(C)s3)n2C)cc1. The van der Waals surface area contributed by atoms with E-state index in [-0.39, 0.29) is 11.2 Å². The molecule has 1 atom stereocenters. The van der Waals surface area contributed by atoms with Crippen molar-refractivity contribution in [1.82, 2.24) is 19.7 Å². The Bertz CT molecular complexity index is 946. The minimum absolute atomic E-state index is 0.0987. The smallest absolute Gasteiger partial charge is 0.239 e. The van der Waals surface area contributed by atoms with Crippen LogP contribution in [0.25, 0.3) is 0 Å². The molecule has 2 heterocycles. The molecule has 0 saturated carbocycles. The van der Waals surface area contributed by atoms with Gasteiger partial charge >= 0.3 is 0 Å². The highest BCUT2D eigenvalue weighted by atomic mass is 32.2. The highest BCUT2D eigenvalue weighted by molar-refractivity contribution is 8.00. The lowest BCUT2D eigenvalue weighted by Crippen LogP contribution is -2.22. The first kappa shape index (κ1) is 20.3. The van der Waals surface area contributed by atoms with E-state index in [1.165, 1.54) is 23.1 Å². The third-order valence-corrected chi connectivity index (χ3v) is 6.48. The Morgan fingerprint density at radius 2 is 2.00 bits per heavy atom. The van der Waals surface area contributed by atoms with Gasteiger partial charge in [0.25, 0.3) is 0 Å². The van der Waals surface area contributed by atoms with Crippen LogP contribution in [0.3, 0.4) is 0 Å². The minimum Gasteiger partial charge on any atom is -0.497 e. The Morgan fingerprint density at radius 3 is 2.61 bits per heavy atom. The number of ether oxygens (including phenoxy) is 1. The summed E-state index contributed by atoms with van der Waals surface area (Å²) < 4.78 is 7.11. The van der Waals surface area contributed by atoms with Crippen LogP contribution in [-0.4, -0.2) is 38.0 Å². The van der Waals surface area contributed by atoms with Gasteiger partial charge in [-0.1, -0.05) is 23.9 Å². The van der Waals surface area contributed by atoms with Gasteiger partial charge in [0.2, 0.25) is 5.91 Å². The number of rotatable bonds is 7. The second-order valence-corrected chi connectivity index (χ2v) is 8.90. The molecule has 3 rings (SSSR count). The number of methoxy groups -OCH3 is 1. The van der Waals surface area contributed by atoms with Crippen molar-refractivity contribution in [2.45, 2.75) is 37.6 Å². The largest absolute Gasteiger partial charge is 0.497 e. The van der Waals surface area contributed by atoms with E-state index in [2.05, 4.69) is 20.5 Å². The van der Waals surface area contributed by atoms with Crippen LogP contribution < -0.4 is 10.1 Å². The zero-order valence-corrected chi connectivity index (χ0v) is 18.1. The summed E-state index contributed by atoms with van der Waals surface area (Å²) in [4.78, 5) is 17.9. The number of thioether (sulfide) groups is 1. The van der Waals surface area contributed by atoms with E-state index in [0.717, 1.165) is 27.7 Å². The lowest BCUT2D eigenvalue weighted by molar-refractivity contribution is -0.115. The molecule has 1 amide bonds. The molecule has 0 aliphatic carbocycles. The van der Waals surface area contributed by atoms with Crippen LogP contribution in [0.1, 0.15) is 28.9 Å². The molecule has 0 bridgehead atoms. The zero-order chi connectivity index (χ0) is 20.3. The number of aromatic nitrogens is 4. The van der Waals surface area contributed by atoms with Gasteiger partial charge in [0, 0.05) is 18.3 Å². The fourth-order valence-electron chi connectivity index (χ4n) is 2.47. The molecular formula is C19H23N5O2S2. The number of nitrogens with one attached hydrogen (secondary N) is 1. The van der Waals surface area contributed by atoms with Gasteiger partial charge in [-0.2, -0.15) is 0 Å². The van der Waals surface area contributed by atoms with Crippen molar-refractivity contribution in [1.29, 1.82) is 0 Å². The number of carbonyl (C=O) groups is 1. The first-order valence-corrected chi connectivity index (χ1v) is 10.5. The highest BCUT2D eigenvalue weighted by Gasteiger charge is 2.20. The number of thiazole rings is 1. The Labute approximate surface area is 172 Å². The van der Waals surface area contributed by atoms with E-state index >= 15 is 0 Å². The van der Waals surface area contributed by atoms with Gasteiger partial charge in [-0.15, -0.1) is 21.5 Å². The molecular weight excluding hydrogens is 394 g/mol. The van der Waals surface area contributed by atoms with Gasteiger partial charge in [0.1, 0.15) is 11.6 Å². The van der Waals surface area contributed by atoms with Gasteiger partial charge in [0.15, 0.2) is 10.3 Å². The van der Waals surface area contributed by atoms with Crippen molar-refractivity contribution < 1.29 is 9.53 Å². The van der Waals surface area contributed by atoms with Crippen molar-refractivity contribution in [3.63, 3.8) is 0 Å². The van der Waals surface area contributed by atoms with Crippen LogP contribution in [0.5, 0.6) is 5.75 Å². The molecule has 2 aromatic heterocycles. The molecule has 3 aromatic rings. The summed E-state index contributed by atoms with van der Waals surface area (Å²) in [5.41, 5.74) is 2.06. The lowest BCUT2D eigenvalue weighted by atomic mass is 10.1. The lowest BCUT2D eigenvalue weighted by Gasteiger charge is -2.10. The average molecular weight is 418 g/mol. The first-order valence-electron chi connectivity index (χ1n) is 8.80. The molecule has 0 radical (unpaired) electrons. The maximum absolute atomic E-state index is 12.5. The quantitative estimate of drug-likeness (QED) is 0.592. The molecule has 1 aromatic carbocycles. The maximum atomic E-state index is 12.5. The molecule has 0 spiro atoms. The molecule has 7 nitrogen and oxygen atoms in total. The standard InChI is InChI=1S/C19H23N5O2S2/c1-11-12(2)27-18(20-11)21-17(25)13(3)28-19-23-22-16(24(19)4)10-14-6-8-15(26-5)9-7-14/h6-9,13H,10H2,1-5H3,(H,20,21,25)/t13-/m0/s1. The topological polar surface area (TPSA) is 81.9 Å². The molecule has 28 heavy (non-hydrogen) atoms. The van der Waals surface area contributed by atoms with E-state index < -0.39 is 0 Å². The average Bonchev–Trinajstić information content (AvgIpc) is 3.18. The molecule has 0 saturated heterocycles. The second kappa shape index (κ2) is 8.74. The van der Waals surface area contributed by atoms with E-state index in [4.69, 9.17) is 4.74 Å². The van der Waals surface area contributed by atoms with Crippen LogP contribution in [0.15, 0.2) is 29.4 Å². The van der Waals surface area contributed by atoms with E-state index in [0.29, 0.717) is 16.7 Å². The van der Waals surface area contributed by atoms with Gasteiger partial charge in [-0.05, 0) is 38.5 Å². The van der Waals surface area contributed by atoms with Gasteiger partial charge in [0.05, 0.1) is 18.1 Å². The summed E-state index contributed by atoms with van der Waals surface area (Å²) in [5, 5.41) is 12.4. The van der Waals surface area contributed by atoms with Crippen molar-refractivity contribution in [3.05, 3.63) is 46.2 Å². The van der Waals surface area contributed by atoms with E-state index in [1.54, 1.807) is 7.11 Å². The molecule has 9 heteroatoms. The van der Waals surface area contributed by atoms with Crippen LogP contribution >= 0.6 is 23.1 Å². The number of hydrogen-bond acceptors (Lipinski definition) is 7. The van der Waals surface area contributed by atoms with Crippen LogP contribution in [0.2, 0.25) is 0 Å². The van der Waals surface area contributed by atoms with Crippen LogP contribution in [-0.2, 0) is 18.3 Å². The third-order valence-electron chi connectivity index (χ3n) is 4.36. The summed E-state index contributed by atoms with van der Waals surface area (Å²) >= 11 is 2.86. The normalized spacial score (nSPS) is 12.0. The first-order chi connectivity index (χ1) is 13.4. The molecule has 0 aliphatic heterocycles. The number of nitrogens with zero attached hydrogens (tertiary/aromatic N) is 4. The molecule has 148 valence electrons. The van der Waals surface area contributed by atoms with Crippen LogP contribution in [0, 0.1) is 13.8 Å². The number of hydrogen-bond donors (Lipinski definition) is 1. The van der Waals surface area contributed by atoms with Crippen molar-refractivity contribution in [2.24, 2.45) is 7.05 Å². The molecule has 0 aliphatic rings. The second-order valence-electron chi connectivity index (χ2n) is 6.39. The van der Waals surface area contributed by atoms with E-state index in [9.17, 15) is 4.79 Å². The predicted octanol–water partition coefficient (Wildman–Crippen LogP) is 3.61. The summed E-state index contributed by atoms with van der Waals surface area (Å²) in [5.74, 6) is 1.56. The summed E-state index contributed by atoms with van der Waals surface area (Å²) in [6.45, 7) is 5.78. The van der Waals surface area contributed by atoms with Gasteiger partial charge in [-0.25, -0.2) is 4.98 Å². The van der Waals surface area contributed by atoms with Gasteiger partial charge in [-0.3, -0.25) is 4.79 Å². The van der Waals surface area contributed by atoms with Crippen molar-refractivity contribution in [2.75, 3.05) is 12.4 Å². The van der Waals surface area contributed by atoms with Crippen LogP contribution in [0.4, 0.5) is 5.13 Å². The summed E-state index contributed by atoms with van der Waals surface area (Å²) in [7, 11) is 3.56. The van der Waals surface area contributed by atoms with Crippen molar-refractivity contribution in [3.8, 4) is 5.75 Å². The fraction of sp³-hybridized carbons (Fsp3) is 0.368. The molecule has 0 unspecified atom stereocenters. The monoisotopic (exact) mass is 417 g/mol. The maximum Gasteiger partial charge on any atom is 0.239 e. The van der Waals surface area contributed by atoms with Gasteiger partial charge < -0.3 is 14.6 Å². The minimum atomic E-state index is -0.318. The Kier molecular flexibility index (Phi) is 6.35.